The van der Waals surface area contributed by atoms with Gasteiger partial charge in [-0.1, -0.05) is 24.3 Å². The van der Waals surface area contributed by atoms with E-state index in [2.05, 4.69) is 0 Å². The second-order valence-electron chi connectivity index (χ2n) is 7.43. The van der Waals surface area contributed by atoms with E-state index in [1.165, 1.54) is 13.2 Å². The van der Waals surface area contributed by atoms with Gasteiger partial charge in [-0.25, -0.2) is 4.79 Å². The first-order valence-electron chi connectivity index (χ1n) is 10.5. The van der Waals surface area contributed by atoms with E-state index in [-0.39, 0.29) is 23.1 Å². The smallest absolute Gasteiger partial charge is 0.343 e. The van der Waals surface area contributed by atoms with Gasteiger partial charge in [-0.2, -0.15) is 0 Å². The predicted molar refractivity (Wildman–Crippen MR) is 124 cm³/mol. The molecular weight excluding hydrogens is 460 g/mol. The molecule has 3 amide bonds. The van der Waals surface area contributed by atoms with E-state index in [0.717, 1.165) is 16.7 Å². The summed E-state index contributed by atoms with van der Waals surface area (Å²) in [5, 5.41) is -0.502. The molecule has 0 spiro atoms. The number of morpholine rings is 1. The van der Waals surface area contributed by atoms with Crippen molar-refractivity contribution in [2.24, 2.45) is 0 Å². The van der Waals surface area contributed by atoms with E-state index in [1.807, 2.05) is 0 Å². The van der Waals surface area contributed by atoms with E-state index in [4.69, 9.17) is 14.2 Å². The van der Waals surface area contributed by atoms with Crippen molar-refractivity contribution in [3.05, 3.63) is 64.6 Å². The van der Waals surface area contributed by atoms with Gasteiger partial charge in [0, 0.05) is 13.1 Å². The molecule has 2 aromatic carbocycles. The lowest BCUT2D eigenvalue weighted by molar-refractivity contribution is -0.139. The van der Waals surface area contributed by atoms with Gasteiger partial charge in [0.25, 0.3) is 11.1 Å². The molecule has 0 aromatic heterocycles. The highest BCUT2D eigenvalue weighted by Crippen LogP contribution is 2.34. The number of imide groups is 1. The fourth-order valence-electron chi connectivity index (χ4n) is 3.43. The maximum absolute atomic E-state index is 12.8. The zero-order valence-corrected chi connectivity index (χ0v) is 19.2. The number of benzene rings is 2. The molecule has 10 heteroatoms. The number of esters is 1. The first-order chi connectivity index (χ1) is 16.5. The van der Waals surface area contributed by atoms with Crippen molar-refractivity contribution in [2.45, 2.75) is 0 Å². The number of thioether (sulfide) groups is 1. The number of ether oxygens (including phenoxy) is 3. The number of hydrogen-bond acceptors (Lipinski definition) is 8. The fourth-order valence-corrected chi connectivity index (χ4v) is 4.27. The minimum Gasteiger partial charge on any atom is -0.493 e. The zero-order valence-electron chi connectivity index (χ0n) is 18.4. The number of rotatable bonds is 6. The van der Waals surface area contributed by atoms with Crippen LogP contribution in [-0.4, -0.2) is 72.8 Å². The second kappa shape index (κ2) is 10.5. The van der Waals surface area contributed by atoms with Gasteiger partial charge in [0.05, 0.1) is 30.8 Å². The van der Waals surface area contributed by atoms with Crippen molar-refractivity contribution >= 4 is 40.9 Å². The Morgan fingerprint density at radius 2 is 1.79 bits per heavy atom. The van der Waals surface area contributed by atoms with Crippen LogP contribution in [-0.2, 0) is 14.3 Å². The third-order valence-corrected chi connectivity index (χ3v) is 6.14. The predicted octanol–water partition coefficient (Wildman–Crippen LogP) is 2.81. The highest BCUT2D eigenvalue weighted by atomic mass is 32.2. The number of carbonyl (C=O) groups excluding carboxylic acids is 4. The third kappa shape index (κ3) is 5.29. The summed E-state index contributed by atoms with van der Waals surface area (Å²) < 4.78 is 16.0. The minimum absolute atomic E-state index is 0.191. The topological polar surface area (TPSA) is 102 Å². The van der Waals surface area contributed by atoms with Crippen molar-refractivity contribution < 1.29 is 33.4 Å². The van der Waals surface area contributed by atoms with Crippen LogP contribution in [0.4, 0.5) is 4.79 Å². The van der Waals surface area contributed by atoms with E-state index in [9.17, 15) is 19.2 Å². The molecule has 0 atom stereocenters. The Morgan fingerprint density at radius 3 is 2.50 bits per heavy atom. The summed E-state index contributed by atoms with van der Waals surface area (Å²) in [6, 6.07) is 13.3. The van der Waals surface area contributed by atoms with Crippen LogP contribution in [0.1, 0.15) is 15.9 Å². The van der Waals surface area contributed by atoms with Crippen molar-refractivity contribution in [1.82, 2.24) is 9.80 Å². The van der Waals surface area contributed by atoms with Crippen LogP contribution in [0.5, 0.6) is 11.5 Å². The summed E-state index contributed by atoms with van der Waals surface area (Å²) in [4.78, 5) is 52.7. The van der Waals surface area contributed by atoms with Crippen molar-refractivity contribution in [1.29, 1.82) is 0 Å². The van der Waals surface area contributed by atoms with Gasteiger partial charge >= 0.3 is 5.97 Å². The van der Waals surface area contributed by atoms with E-state index < -0.39 is 17.1 Å². The maximum atomic E-state index is 12.8. The highest BCUT2D eigenvalue weighted by molar-refractivity contribution is 8.18. The van der Waals surface area contributed by atoms with Crippen molar-refractivity contribution in [2.75, 3.05) is 40.0 Å². The number of methoxy groups -OCH3 is 1. The number of nitrogens with zero attached hydrogens (tertiary/aromatic N) is 2. The molecule has 0 bridgehead atoms. The van der Waals surface area contributed by atoms with Crippen LogP contribution in [0.25, 0.3) is 6.08 Å². The van der Waals surface area contributed by atoms with Crippen LogP contribution >= 0.6 is 11.8 Å². The Labute approximate surface area is 200 Å². The van der Waals surface area contributed by atoms with Crippen LogP contribution < -0.4 is 9.47 Å². The first kappa shape index (κ1) is 23.5. The molecule has 0 radical (unpaired) electrons. The average molecular weight is 483 g/mol. The van der Waals surface area contributed by atoms with Gasteiger partial charge in [-0.15, -0.1) is 0 Å². The molecule has 0 unspecified atom stereocenters. The van der Waals surface area contributed by atoms with Gasteiger partial charge in [0.15, 0.2) is 11.5 Å². The second-order valence-corrected chi connectivity index (χ2v) is 8.42. The van der Waals surface area contributed by atoms with Crippen LogP contribution in [0.3, 0.4) is 0 Å². The van der Waals surface area contributed by atoms with Gasteiger partial charge in [-0.05, 0) is 47.7 Å². The van der Waals surface area contributed by atoms with Crippen LogP contribution in [0, 0.1) is 0 Å². The lowest BCUT2D eigenvalue weighted by Crippen LogP contribution is -2.46. The molecule has 2 aliphatic rings. The average Bonchev–Trinajstić information content (AvgIpc) is 3.13. The summed E-state index contributed by atoms with van der Waals surface area (Å²) in [5.41, 5.74) is 0.968. The summed E-state index contributed by atoms with van der Waals surface area (Å²) in [6.07, 6.45) is 1.54. The molecule has 9 nitrogen and oxygen atoms in total. The number of carbonyl (C=O) groups is 4. The lowest BCUT2D eigenvalue weighted by Gasteiger charge is -2.28. The summed E-state index contributed by atoms with van der Waals surface area (Å²) in [6.45, 7) is 1.44. The molecular formula is C24H22N2O7S. The van der Waals surface area contributed by atoms with E-state index in [0.29, 0.717) is 43.2 Å². The number of amides is 3. The Bertz CT molecular complexity index is 1140. The molecule has 2 saturated heterocycles. The Kier molecular flexibility index (Phi) is 7.29. The Balaban J connectivity index is 1.46. The lowest BCUT2D eigenvalue weighted by atomic mass is 10.1. The van der Waals surface area contributed by atoms with Crippen molar-refractivity contribution in [3.63, 3.8) is 0 Å². The molecule has 2 aromatic rings. The molecule has 2 heterocycles. The van der Waals surface area contributed by atoms with E-state index >= 15 is 0 Å². The zero-order chi connectivity index (χ0) is 24.1. The fraction of sp³-hybridized carbons (Fsp3) is 0.250. The van der Waals surface area contributed by atoms with Crippen LogP contribution in [0.15, 0.2) is 53.4 Å². The molecule has 0 saturated carbocycles. The van der Waals surface area contributed by atoms with Gasteiger partial charge < -0.3 is 19.1 Å². The standard InChI is InChI=1S/C24H22N2O7S/c1-31-19-13-16(7-8-18(19)33-23(29)17-5-3-2-4-6-17)14-20-22(28)26(24(30)34-20)15-21(27)25-9-11-32-12-10-25/h2-8,13-14H,9-12,15H2,1H3/b20-14-. The van der Waals surface area contributed by atoms with Crippen molar-refractivity contribution in [3.8, 4) is 11.5 Å². The first-order valence-corrected chi connectivity index (χ1v) is 11.3. The normalized spacial score (nSPS) is 17.3. The summed E-state index contributed by atoms with van der Waals surface area (Å²) >= 11 is 0.768. The Hall–Kier alpha value is -3.63. The molecule has 4 rings (SSSR count). The quantitative estimate of drug-likeness (QED) is 0.352. The summed E-state index contributed by atoms with van der Waals surface area (Å²) in [7, 11) is 1.43. The SMILES string of the molecule is COc1cc(/C=C2\SC(=O)N(CC(=O)N3CCOCC3)C2=O)ccc1OC(=O)c1ccccc1. The monoisotopic (exact) mass is 482 g/mol. The Morgan fingerprint density at radius 1 is 1.06 bits per heavy atom. The molecule has 34 heavy (non-hydrogen) atoms. The van der Waals surface area contributed by atoms with E-state index in [1.54, 1.807) is 53.4 Å². The minimum atomic E-state index is -0.532. The summed E-state index contributed by atoms with van der Waals surface area (Å²) in [5.74, 6) is -0.844. The van der Waals surface area contributed by atoms with Gasteiger partial charge in [0.1, 0.15) is 6.54 Å². The van der Waals surface area contributed by atoms with Crippen LogP contribution in [0.2, 0.25) is 0 Å². The molecule has 176 valence electrons. The molecule has 2 fully saturated rings. The molecule has 2 aliphatic heterocycles. The number of hydrogen-bond donors (Lipinski definition) is 0. The molecule has 0 aliphatic carbocycles. The van der Waals surface area contributed by atoms with Gasteiger partial charge in [-0.3, -0.25) is 19.3 Å². The largest absolute Gasteiger partial charge is 0.493 e. The maximum Gasteiger partial charge on any atom is 0.343 e. The van der Waals surface area contributed by atoms with Gasteiger partial charge in [0.2, 0.25) is 5.91 Å². The highest BCUT2D eigenvalue weighted by Gasteiger charge is 2.37. The molecule has 0 N–H and O–H groups in total. The third-order valence-electron chi connectivity index (χ3n) is 5.23.